The predicted molar refractivity (Wildman–Crippen MR) is 67.9 cm³/mol. The highest BCUT2D eigenvalue weighted by molar-refractivity contribution is 4.86. The van der Waals surface area contributed by atoms with Crippen LogP contribution in [-0.2, 0) is 4.74 Å². The van der Waals surface area contributed by atoms with Gasteiger partial charge in [-0.25, -0.2) is 8.78 Å². The number of rotatable bonds is 6. The Morgan fingerprint density at radius 1 is 1.06 bits per heavy atom. The minimum Gasteiger partial charge on any atom is -0.374 e. The van der Waals surface area contributed by atoms with E-state index in [2.05, 4.69) is 5.32 Å². The van der Waals surface area contributed by atoms with Crippen molar-refractivity contribution >= 4 is 0 Å². The molecule has 0 aliphatic heterocycles. The molecule has 0 bridgehead atoms. The van der Waals surface area contributed by atoms with E-state index >= 15 is 0 Å². The van der Waals surface area contributed by atoms with Gasteiger partial charge in [-0.2, -0.15) is 0 Å². The Morgan fingerprint density at radius 3 is 2.61 bits per heavy atom. The van der Waals surface area contributed by atoms with Gasteiger partial charge < -0.3 is 10.1 Å². The molecule has 2 aliphatic rings. The summed E-state index contributed by atoms with van der Waals surface area (Å²) in [5.74, 6) is 1.87. The van der Waals surface area contributed by atoms with Crippen molar-refractivity contribution in [2.75, 3.05) is 19.8 Å². The average Bonchev–Trinajstić information content (AvgIpc) is 2.38. The number of fused-ring (bicyclic) bond motifs is 1. The van der Waals surface area contributed by atoms with Gasteiger partial charge in [0.2, 0.25) is 0 Å². The van der Waals surface area contributed by atoms with Crippen molar-refractivity contribution in [1.29, 1.82) is 0 Å². The first-order chi connectivity index (χ1) is 8.75. The van der Waals surface area contributed by atoms with Gasteiger partial charge in [-0.1, -0.05) is 25.7 Å². The second kappa shape index (κ2) is 7.39. The molecule has 0 spiro atoms. The fraction of sp³-hybridized carbons (Fsp3) is 1.00. The number of ether oxygens (including phenoxy) is 1. The molecule has 2 aliphatic carbocycles. The van der Waals surface area contributed by atoms with Crippen molar-refractivity contribution in [1.82, 2.24) is 5.32 Å². The average molecular weight is 261 g/mol. The minimum absolute atomic E-state index is 0.398. The zero-order valence-electron chi connectivity index (χ0n) is 11.0. The van der Waals surface area contributed by atoms with Gasteiger partial charge in [0.05, 0.1) is 6.61 Å². The van der Waals surface area contributed by atoms with E-state index < -0.39 is 13.0 Å². The third-order valence-corrected chi connectivity index (χ3v) is 4.46. The summed E-state index contributed by atoms with van der Waals surface area (Å²) in [5, 5.41) is 3.46. The standard InChI is InChI=1S/C14H25F2NO/c15-14(16)10-18-8-7-17-13-6-5-11-3-1-2-4-12(11)9-13/h11-14,17H,1-10H2. The summed E-state index contributed by atoms with van der Waals surface area (Å²) in [6.45, 7) is 0.667. The number of hydrogen-bond donors (Lipinski definition) is 1. The second-order valence-electron chi connectivity index (χ2n) is 5.73. The molecule has 3 unspecified atom stereocenters. The molecular weight excluding hydrogens is 236 g/mol. The maximum absolute atomic E-state index is 11.9. The second-order valence-corrected chi connectivity index (χ2v) is 5.73. The Labute approximate surface area is 108 Å². The number of halogens is 2. The lowest BCUT2D eigenvalue weighted by Crippen LogP contribution is -2.40. The van der Waals surface area contributed by atoms with Crippen LogP contribution in [0.25, 0.3) is 0 Å². The molecule has 2 saturated carbocycles. The van der Waals surface area contributed by atoms with Crippen LogP contribution in [0.5, 0.6) is 0 Å². The Balaban J connectivity index is 1.57. The van der Waals surface area contributed by atoms with E-state index in [0.717, 1.165) is 11.8 Å². The molecule has 106 valence electrons. The normalized spacial score (nSPS) is 32.5. The van der Waals surface area contributed by atoms with Gasteiger partial charge in [0.25, 0.3) is 6.43 Å². The van der Waals surface area contributed by atoms with E-state index in [1.807, 2.05) is 0 Å². The van der Waals surface area contributed by atoms with Crippen molar-refractivity contribution in [3.63, 3.8) is 0 Å². The first-order valence-corrected chi connectivity index (χ1v) is 7.35. The van der Waals surface area contributed by atoms with E-state index in [1.165, 1.54) is 44.9 Å². The molecule has 0 aromatic rings. The quantitative estimate of drug-likeness (QED) is 0.741. The molecule has 0 heterocycles. The van der Waals surface area contributed by atoms with Crippen molar-refractivity contribution in [3.05, 3.63) is 0 Å². The fourth-order valence-electron chi connectivity index (χ4n) is 3.57. The first kappa shape index (κ1) is 14.2. The third kappa shape index (κ3) is 4.47. The van der Waals surface area contributed by atoms with Crippen LogP contribution in [0.15, 0.2) is 0 Å². The predicted octanol–water partition coefficient (Wildman–Crippen LogP) is 3.22. The zero-order chi connectivity index (χ0) is 12.8. The van der Waals surface area contributed by atoms with Gasteiger partial charge >= 0.3 is 0 Å². The van der Waals surface area contributed by atoms with Gasteiger partial charge in [-0.3, -0.25) is 0 Å². The van der Waals surface area contributed by atoms with Crippen molar-refractivity contribution in [3.8, 4) is 0 Å². The number of alkyl halides is 2. The topological polar surface area (TPSA) is 21.3 Å². The summed E-state index contributed by atoms with van der Waals surface area (Å²) in [5.41, 5.74) is 0. The fourth-order valence-corrected chi connectivity index (χ4v) is 3.57. The van der Waals surface area contributed by atoms with Crippen LogP contribution < -0.4 is 5.32 Å². The minimum atomic E-state index is -2.34. The highest BCUT2D eigenvalue weighted by atomic mass is 19.3. The molecule has 3 atom stereocenters. The van der Waals surface area contributed by atoms with Crippen LogP contribution in [0.3, 0.4) is 0 Å². The van der Waals surface area contributed by atoms with Crippen LogP contribution in [-0.4, -0.2) is 32.2 Å². The summed E-state index contributed by atoms with van der Waals surface area (Å²) >= 11 is 0. The molecule has 2 rings (SSSR count). The Kier molecular flexibility index (Phi) is 5.83. The maximum atomic E-state index is 11.9. The molecule has 0 amide bonds. The Bertz CT molecular complexity index is 238. The summed E-state index contributed by atoms with van der Waals surface area (Å²) in [6, 6.07) is 0.583. The highest BCUT2D eigenvalue weighted by Gasteiger charge is 2.31. The zero-order valence-corrected chi connectivity index (χ0v) is 11.0. The van der Waals surface area contributed by atoms with Crippen LogP contribution >= 0.6 is 0 Å². The summed E-state index contributed by atoms with van der Waals surface area (Å²) in [4.78, 5) is 0. The molecule has 4 heteroatoms. The van der Waals surface area contributed by atoms with E-state index in [-0.39, 0.29) is 0 Å². The molecule has 0 aromatic carbocycles. The molecule has 0 radical (unpaired) electrons. The van der Waals surface area contributed by atoms with Crippen molar-refractivity contribution in [2.24, 2.45) is 11.8 Å². The first-order valence-electron chi connectivity index (χ1n) is 7.35. The lowest BCUT2D eigenvalue weighted by Gasteiger charge is -2.39. The summed E-state index contributed by atoms with van der Waals surface area (Å²) in [7, 11) is 0. The van der Waals surface area contributed by atoms with Crippen LogP contribution in [0, 0.1) is 11.8 Å². The van der Waals surface area contributed by atoms with Crippen molar-refractivity contribution in [2.45, 2.75) is 57.4 Å². The van der Waals surface area contributed by atoms with Gasteiger partial charge in [-0.15, -0.1) is 0 Å². The summed E-state index contributed by atoms with van der Waals surface area (Å²) in [6.07, 6.45) is 7.16. The van der Waals surface area contributed by atoms with Gasteiger partial charge in [0, 0.05) is 12.6 Å². The van der Waals surface area contributed by atoms with Gasteiger partial charge in [0.1, 0.15) is 6.61 Å². The Hall–Kier alpha value is -0.220. The van der Waals surface area contributed by atoms with Crippen LogP contribution in [0.1, 0.15) is 44.9 Å². The van der Waals surface area contributed by atoms with Crippen molar-refractivity contribution < 1.29 is 13.5 Å². The van der Waals surface area contributed by atoms with Crippen LogP contribution in [0.4, 0.5) is 8.78 Å². The van der Waals surface area contributed by atoms with E-state index in [4.69, 9.17) is 4.74 Å². The monoisotopic (exact) mass is 261 g/mol. The molecule has 2 nitrogen and oxygen atoms in total. The van der Waals surface area contributed by atoms with E-state index in [1.54, 1.807) is 0 Å². The molecule has 2 fully saturated rings. The largest absolute Gasteiger partial charge is 0.374 e. The number of nitrogens with one attached hydrogen (secondary N) is 1. The molecule has 1 N–H and O–H groups in total. The lowest BCUT2D eigenvalue weighted by atomic mass is 9.69. The smallest absolute Gasteiger partial charge is 0.261 e. The maximum Gasteiger partial charge on any atom is 0.261 e. The highest BCUT2D eigenvalue weighted by Crippen LogP contribution is 2.40. The molecular formula is C14H25F2NO. The Morgan fingerprint density at radius 2 is 1.83 bits per heavy atom. The molecule has 0 aromatic heterocycles. The number of hydrogen-bond acceptors (Lipinski definition) is 2. The summed E-state index contributed by atoms with van der Waals surface area (Å²) < 4.78 is 28.6. The van der Waals surface area contributed by atoms with E-state index in [0.29, 0.717) is 19.2 Å². The molecule has 0 saturated heterocycles. The SMILES string of the molecule is FC(F)COCCNC1CCC2CCCCC2C1. The van der Waals surface area contributed by atoms with Gasteiger partial charge in [0.15, 0.2) is 0 Å². The third-order valence-electron chi connectivity index (χ3n) is 4.46. The lowest BCUT2D eigenvalue weighted by molar-refractivity contribution is 0.0172. The van der Waals surface area contributed by atoms with E-state index in [9.17, 15) is 8.78 Å². The molecule has 18 heavy (non-hydrogen) atoms. The van der Waals surface area contributed by atoms with Crippen LogP contribution in [0.2, 0.25) is 0 Å². The van der Waals surface area contributed by atoms with Gasteiger partial charge in [-0.05, 0) is 31.1 Å².